The highest BCUT2D eigenvalue weighted by Gasteiger charge is 2.19. The lowest BCUT2D eigenvalue weighted by molar-refractivity contribution is 0.702. The van der Waals surface area contributed by atoms with Crippen LogP contribution in [0.2, 0.25) is 5.02 Å². The van der Waals surface area contributed by atoms with Gasteiger partial charge >= 0.3 is 5.69 Å². The zero-order chi connectivity index (χ0) is 21.3. The van der Waals surface area contributed by atoms with Gasteiger partial charge in [0.15, 0.2) is 11.2 Å². The van der Waals surface area contributed by atoms with Crippen molar-refractivity contribution in [1.29, 1.82) is 0 Å². The van der Waals surface area contributed by atoms with Gasteiger partial charge in [-0.05, 0) is 17.2 Å². The molecule has 4 aromatic rings. The zero-order valence-electron chi connectivity index (χ0n) is 16.4. The van der Waals surface area contributed by atoms with E-state index in [9.17, 15) is 9.59 Å². The van der Waals surface area contributed by atoms with E-state index in [1.54, 1.807) is 23.9 Å². The van der Waals surface area contributed by atoms with Crippen molar-refractivity contribution in [3.8, 4) is 0 Å². The molecule has 0 radical (unpaired) electrons. The summed E-state index contributed by atoms with van der Waals surface area (Å²) < 4.78 is 4.08. The lowest BCUT2D eigenvalue weighted by atomic mass is 10.2. The monoisotopic (exact) mass is 422 g/mol. The number of hydrogen-bond acceptors (Lipinski definition) is 5. The molecule has 0 atom stereocenters. The first-order valence-corrected chi connectivity index (χ1v) is 9.59. The Hall–Kier alpha value is -3.65. The Balaban J connectivity index is 1.86. The van der Waals surface area contributed by atoms with Gasteiger partial charge in [0, 0.05) is 19.1 Å². The molecule has 0 amide bonds. The van der Waals surface area contributed by atoms with Crippen molar-refractivity contribution in [3.63, 3.8) is 0 Å². The van der Waals surface area contributed by atoms with Gasteiger partial charge in [0.25, 0.3) is 5.56 Å². The van der Waals surface area contributed by atoms with Gasteiger partial charge in [-0.25, -0.2) is 10.2 Å². The molecular formula is C21H19ClN6O2. The molecule has 0 aliphatic heterocycles. The van der Waals surface area contributed by atoms with Crippen LogP contribution in [0, 0.1) is 0 Å². The van der Waals surface area contributed by atoms with E-state index >= 15 is 0 Å². The molecule has 2 aromatic carbocycles. The highest BCUT2D eigenvalue weighted by atomic mass is 35.5. The van der Waals surface area contributed by atoms with Gasteiger partial charge < -0.3 is 0 Å². The Morgan fingerprint density at radius 3 is 2.47 bits per heavy atom. The molecule has 30 heavy (non-hydrogen) atoms. The van der Waals surface area contributed by atoms with Crippen molar-refractivity contribution < 1.29 is 0 Å². The largest absolute Gasteiger partial charge is 0.332 e. The van der Waals surface area contributed by atoms with Crippen molar-refractivity contribution in [2.45, 2.75) is 6.54 Å². The van der Waals surface area contributed by atoms with Crippen LogP contribution < -0.4 is 16.7 Å². The third-order valence-electron chi connectivity index (χ3n) is 4.81. The van der Waals surface area contributed by atoms with E-state index in [0.29, 0.717) is 11.0 Å². The fourth-order valence-corrected chi connectivity index (χ4v) is 3.38. The Morgan fingerprint density at radius 1 is 1.03 bits per heavy atom. The fraction of sp³-hybridized carbons (Fsp3) is 0.143. The van der Waals surface area contributed by atoms with Crippen molar-refractivity contribution in [1.82, 2.24) is 18.7 Å². The Labute approximate surface area is 176 Å². The minimum Gasteiger partial charge on any atom is -0.298 e. The van der Waals surface area contributed by atoms with Gasteiger partial charge in [0.2, 0.25) is 5.95 Å². The highest BCUT2D eigenvalue weighted by Crippen LogP contribution is 2.22. The second-order valence-corrected chi connectivity index (χ2v) is 7.18. The minimum atomic E-state index is -0.450. The third-order valence-corrected chi connectivity index (χ3v) is 5.18. The number of imidazole rings is 1. The summed E-state index contributed by atoms with van der Waals surface area (Å²) in [5.74, 6) is 0.329. The number of benzene rings is 2. The average molecular weight is 423 g/mol. The lowest BCUT2D eigenvalue weighted by Crippen LogP contribution is -2.37. The summed E-state index contributed by atoms with van der Waals surface area (Å²) in [6.07, 6.45) is 1.65. The number of halogens is 1. The average Bonchev–Trinajstić information content (AvgIpc) is 3.11. The van der Waals surface area contributed by atoms with Gasteiger partial charge in [0.05, 0.1) is 12.8 Å². The maximum Gasteiger partial charge on any atom is 0.332 e. The molecule has 2 aromatic heterocycles. The molecule has 2 heterocycles. The maximum atomic E-state index is 12.9. The van der Waals surface area contributed by atoms with Gasteiger partial charge in [0.1, 0.15) is 0 Å². The predicted molar refractivity (Wildman–Crippen MR) is 118 cm³/mol. The summed E-state index contributed by atoms with van der Waals surface area (Å²) in [5, 5.41) is 4.82. The molecule has 152 valence electrons. The number of anilines is 1. The van der Waals surface area contributed by atoms with Crippen LogP contribution in [0.15, 0.2) is 69.3 Å². The molecule has 8 nitrogen and oxygen atoms in total. The van der Waals surface area contributed by atoms with Gasteiger partial charge in [-0.2, -0.15) is 10.1 Å². The first kappa shape index (κ1) is 19.7. The van der Waals surface area contributed by atoms with Crippen molar-refractivity contribution in [2.75, 3.05) is 5.43 Å². The van der Waals surface area contributed by atoms with E-state index in [1.807, 2.05) is 48.5 Å². The summed E-state index contributed by atoms with van der Waals surface area (Å²) >= 11 is 6.33. The van der Waals surface area contributed by atoms with Crippen molar-refractivity contribution in [3.05, 3.63) is 91.6 Å². The maximum absolute atomic E-state index is 12.9. The molecule has 0 saturated carbocycles. The van der Waals surface area contributed by atoms with Crippen LogP contribution in [0.5, 0.6) is 0 Å². The van der Waals surface area contributed by atoms with Crippen molar-refractivity contribution >= 4 is 34.9 Å². The molecule has 0 fully saturated rings. The number of nitrogens with zero attached hydrogens (tertiary/aromatic N) is 5. The van der Waals surface area contributed by atoms with E-state index < -0.39 is 11.2 Å². The van der Waals surface area contributed by atoms with Gasteiger partial charge in [-0.15, -0.1) is 0 Å². The molecule has 0 spiro atoms. The summed E-state index contributed by atoms with van der Waals surface area (Å²) in [6, 6.07) is 16.9. The summed E-state index contributed by atoms with van der Waals surface area (Å²) in [5.41, 5.74) is 4.29. The molecule has 0 bridgehead atoms. The van der Waals surface area contributed by atoms with Crippen LogP contribution in [-0.2, 0) is 20.6 Å². The Kier molecular flexibility index (Phi) is 5.24. The van der Waals surface area contributed by atoms with E-state index in [4.69, 9.17) is 11.6 Å². The van der Waals surface area contributed by atoms with E-state index in [2.05, 4.69) is 15.5 Å². The molecule has 0 unspecified atom stereocenters. The third kappa shape index (κ3) is 3.53. The summed E-state index contributed by atoms with van der Waals surface area (Å²) in [7, 11) is 3.02. The SMILES string of the molecule is Cn1c(=O)c2c(nc(N/N=C\c3ccccc3)n2Cc2ccccc2Cl)n(C)c1=O. The summed E-state index contributed by atoms with van der Waals surface area (Å²) in [6.45, 7) is 0.285. The Morgan fingerprint density at radius 2 is 1.73 bits per heavy atom. The van der Waals surface area contributed by atoms with Crippen LogP contribution in [0.25, 0.3) is 11.2 Å². The molecular weight excluding hydrogens is 404 g/mol. The standard InChI is InChI=1S/C21H19ClN6O2/c1-26-18-17(19(29)27(2)21(26)30)28(13-15-10-6-7-11-16(15)22)20(24-18)25-23-12-14-8-4-3-5-9-14/h3-12H,13H2,1-2H3,(H,24,25)/b23-12-. The highest BCUT2D eigenvalue weighted by molar-refractivity contribution is 6.31. The molecule has 0 aliphatic carbocycles. The topological polar surface area (TPSA) is 86.2 Å². The number of hydrogen-bond donors (Lipinski definition) is 1. The van der Waals surface area contributed by atoms with Gasteiger partial charge in [-0.1, -0.05) is 60.1 Å². The first-order chi connectivity index (χ1) is 14.5. The number of aryl methyl sites for hydroxylation is 1. The number of hydrazone groups is 1. The molecule has 9 heteroatoms. The second-order valence-electron chi connectivity index (χ2n) is 6.77. The number of nitrogens with one attached hydrogen (secondary N) is 1. The molecule has 1 N–H and O–H groups in total. The smallest absolute Gasteiger partial charge is 0.298 e. The molecule has 0 aliphatic rings. The van der Waals surface area contributed by atoms with Crippen molar-refractivity contribution in [2.24, 2.45) is 19.2 Å². The molecule has 4 rings (SSSR count). The number of fused-ring (bicyclic) bond motifs is 1. The first-order valence-electron chi connectivity index (χ1n) is 9.21. The quantitative estimate of drug-likeness (QED) is 0.395. The number of aromatic nitrogens is 4. The van der Waals surface area contributed by atoms with Crippen LogP contribution >= 0.6 is 11.6 Å². The zero-order valence-corrected chi connectivity index (χ0v) is 17.2. The van der Waals surface area contributed by atoms with Gasteiger partial charge in [-0.3, -0.25) is 18.5 Å². The normalized spacial score (nSPS) is 11.4. The second kappa shape index (κ2) is 8.00. The van der Waals surface area contributed by atoms with Crippen LogP contribution in [-0.4, -0.2) is 24.9 Å². The van der Waals surface area contributed by atoms with E-state index in [1.165, 1.54) is 11.6 Å². The number of rotatable bonds is 5. The van der Waals surface area contributed by atoms with E-state index in [0.717, 1.165) is 15.7 Å². The van der Waals surface area contributed by atoms with Crippen LogP contribution in [0.1, 0.15) is 11.1 Å². The fourth-order valence-electron chi connectivity index (χ4n) is 3.19. The van der Waals surface area contributed by atoms with Crippen LogP contribution in [0.4, 0.5) is 5.95 Å². The minimum absolute atomic E-state index is 0.271. The summed E-state index contributed by atoms with van der Waals surface area (Å²) in [4.78, 5) is 29.7. The lowest BCUT2D eigenvalue weighted by Gasteiger charge is -2.10. The Bertz CT molecular complexity index is 1370. The predicted octanol–water partition coefficient (Wildman–Crippen LogP) is 2.58. The molecule has 0 saturated heterocycles. The van der Waals surface area contributed by atoms with Crippen LogP contribution in [0.3, 0.4) is 0 Å². The van der Waals surface area contributed by atoms with E-state index in [-0.39, 0.29) is 17.7 Å².